The highest BCUT2D eigenvalue weighted by Crippen LogP contribution is 2.21. The summed E-state index contributed by atoms with van der Waals surface area (Å²) in [5, 5.41) is 11.5. The van der Waals surface area contributed by atoms with E-state index in [2.05, 4.69) is 29.4 Å². The second-order valence-corrected chi connectivity index (χ2v) is 5.87. The Bertz CT molecular complexity index is 588. The molecule has 1 atom stereocenters. The molecule has 0 saturated carbocycles. The number of nitrogens with one attached hydrogen (secondary N) is 1. The van der Waals surface area contributed by atoms with E-state index in [-0.39, 0.29) is 17.9 Å². The summed E-state index contributed by atoms with van der Waals surface area (Å²) in [5.74, 6) is 1.44. The third-order valence-electron chi connectivity index (χ3n) is 3.20. The standard InChI is InChI=1S/C15H22N4O/c1-10(2)9-13(20)16-14(11(3)4)15-18-17-12-7-5-6-8-19(12)15/h5-8,10-11,14H,9H2,1-4H3,(H,16,20)/t14-/m1/s1. The molecule has 0 bridgehead atoms. The van der Waals surface area contributed by atoms with Crippen LogP contribution < -0.4 is 5.32 Å². The number of fused-ring (bicyclic) bond motifs is 1. The Morgan fingerprint density at radius 2 is 2.00 bits per heavy atom. The quantitative estimate of drug-likeness (QED) is 0.911. The van der Waals surface area contributed by atoms with Crippen molar-refractivity contribution in [1.82, 2.24) is 19.9 Å². The number of carbonyl (C=O) groups is 1. The van der Waals surface area contributed by atoms with Crippen LogP contribution in [0.15, 0.2) is 24.4 Å². The van der Waals surface area contributed by atoms with Gasteiger partial charge in [0, 0.05) is 12.6 Å². The van der Waals surface area contributed by atoms with E-state index in [4.69, 9.17) is 0 Å². The molecule has 0 aliphatic heterocycles. The fourth-order valence-electron chi connectivity index (χ4n) is 2.20. The molecule has 0 aromatic carbocycles. The van der Waals surface area contributed by atoms with Gasteiger partial charge in [0.05, 0.1) is 6.04 Å². The Kier molecular flexibility index (Phi) is 4.37. The van der Waals surface area contributed by atoms with Crippen LogP contribution >= 0.6 is 0 Å². The molecule has 2 aromatic heterocycles. The summed E-state index contributed by atoms with van der Waals surface area (Å²) in [6.45, 7) is 8.22. The maximum absolute atomic E-state index is 12.0. The van der Waals surface area contributed by atoms with Gasteiger partial charge in [-0.15, -0.1) is 10.2 Å². The molecule has 2 rings (SSSR count). The normalized spacial score (nSPS) is 13.1. The lowest BCUT2D eigenvalue weighted by Crippen LogP contribution is -2.33. The zero-order chi connectivity index (χ0) is 14.7. The second kappa shape index (κ2) is 6.03. The first-order chi connectivity index (χ1) is 9.49. The van der Waals surface area contributed by atoms with E-state index in [1.54, 1.807) is 0 Å². The SMILES string of the molecule is CC(C)CC(=O)N[C@@H](c1nnc2ccccn12)C(C)C. The minimum absolute atomic E-state index is 0.0615. The summed E-state index contributed by atoms with van der Waals surface area (Å²) in [7, 11) is 0. The van der Waals surface area contributed by atoms with Crippen molar-refractivity contribution in [3.05, 3.63) is 30.2 Å². The molecule has 5 nitrogen and oxygen atoms in total. The van der Waals surface area contributed by atoms with E-state index in [1.807, 2.05) is 42.6 Å². The number of hydrogen-bond donors (Lipinski definition) is 1. The van der Waals surface area contributed by atoms with Crippen LogP contribution in [0.25, 0.3) is 5.65 Å². The average molecular weight is 274 g/mol. The summed E-state index contributed by atoms with van der Waals surface area (Å²) >= 11 is 0. The minimum atomic E-state index is -0.126. The lowest BCUT2D eigenvalue weighted by molar-refractivity contribution is -0.122. The smallest absolute Gasteiger partial charge is 0.220 e. The first-order valence-corrected chi connectivity index (χ1v) is 7.08. The van der Waals surface area contributed by atoms with E-state index in [9.17, 15) is 4.79 Å². The van der Waals surface area contributed by atoms with Crippen LogP contribution in [0.5, 0.6) is 0 Å². The van der Waals surface area contributed by atoms with Gasteiger partial charge in [0.25, 0.3) is 0 Å². The molecule has 2 heterocycles. The van der Waals surface area contributed by atoms with Crippen molar-refractivity contribution in [1.29, 1.82) is 0 Å². The van der Waals surface area contributed by atoms with Crippen molar-refractivity contribution < 1.29 is 4.79 Å². The van der Waals surface area contributed by atoms with E-state index < -0.39 is 0 Å². The fraction of sp³-hybridized carbons (Fsp3) is 0.533. The van der Waals surface area contributed by atoms with Crippen LogP contribution in [-0.2, 0) is 4.79 Å². The van der Waals surface area contributed by atoms with E-state index in [0.717, 1.165) is 11.5 Å². The number of pyridine rings is 1. The van der Waals surface area contributed by atoms with Crippen molar-refractivity contribution in [2.24, 2.45) is 11.8 Å². The fourth-order valence-corrected chi connectivity index (χ4v) is 2.20. The molecule has 1 amide bonds. The molecule has 0 saturated heterocycles. The van der Waals surface area contributed by atoms with Crippen molar-refractivity contribution in [2.45, 2.75) is 40.2 Å². The van der Waals surface area contributed by atoms with Gasteiger partial charge < -0.3 is 5.32 Å². The number of hydrogen-bond acceptors (Lipinski definition) is 3. The van der Waals surface area contributed by atoms with Crippen LogP contribution in [0.4, 0.5) is 0 Å². The van der Waals surface area contributed by atoms with E-state index in [1.165, 1.54) is 0 Å². The van der Waals surface area contributed by atoms with Crippen LogP contribution in [0, 0.1) is 11.8 Å². The Morgan fingerprint density at radius 3 is 2.65 bits per heavy atom. The Balaban J connectivity index is 2.27. The van der Waals surface area contributed by atoms with Gasteiger partial charge in [-0.3, -0.25) is 9.20 Å². The third kappa shape index (κ3) is 3.15. The Labute approximate surface area is 119 Å². The maximum atomic E-state index is 12.0. The van der Waals surface area contributed by atoms with Gasteiger partial charge in [0.1, 0.15) is 0 Å². The molecule has 0 fully saturated rings. The summed E-state index contributed by atoms with van der Waals surface area (Å²) in [6, 6.07) is 5.64. The van der Waals surface area contributed by atoms with Crippen molar-refractivity contribution in [2.75, 3.05) is 0 Å². The molecule has 0 spiro atoms. The van der Waals surface area contributed by atoms with E-state index >= 15 is 0 Å². The van der Waals surface area contributed by atoms with Gasteiger partial charge in [-0.2, -0.15) is 0 Å². The Hall–Kier alpha value is -1.91. The number of carbonyl (C=O) groups excluding carboxylic acids is 1. The van der Waals surface area contributed by atoms with Crippen molar-refractivity contribution in [3.8, 4) is 0 Å². The maximum Gasteiger partial charge on any atom is 0.220 e. The van der Waals surface area contributed by atoms with Gasteiger partial charge in [-0.1, -0.05) is 33.8 Å². The first kappa shape index (κ1) is 14.5. The number of aromatic nitrogens is 3. The zero-order valence-electron chi connectivity index (χ0n) is 12.5. The van der Waals surface area contributed by atoms with Gasteiger partial charge >= 0.3 is 0 Å². The van der Waals surface area contributed by atoms with Crippen molar-refractivity contribution >= 4 is 11.6 Å². The Morgan fingerprint density at radius 1 is 1.25 bits per heavy atom. The third-order valence-corrected chi connectivity index (χ3v) is 3.20. The predicted octanol–water partition coefficient (Wildman–Crippen LogP) is 2.59. The molecular weight excluding hydrogens is 252 g/mol. The van der Waals surface area contributed by atoms with Gasteiger partial charge in [0.15, 0.2) is 11.5 Å². The van der Waals surface area contributed by atoms with Crippen LogP contribution in [0.3, 0.4) is 0 Å². The summed E-state index contributed by atoms with van der Waals surface area (Å²) in [5.41, 5.74) is 0.797. The van der Waals surface area contributed by atoms with Crippen LogP contribution in [-0.4, -0.2) is 20.5 Å². The summed E-state index contributed by atoms with van der Waals surface area (Å²) in [6.07, 6.45) is 2.45. The topological polar surface area (TPSA) is 59.3 Å². The highest BCUT2D eigenvalue weighted by Gasteiger charge is 2.23. The molecule has 0 aliphatic carbocycles. The van der Waals surface area contributed by atoms with E-state index in [0.29, 0.717) is 12.3 Å². The summed E-state index contributed by atoms with van der Waals surface area (Å²) in [4.78, 5) is 12.0. The molecule has 0 aliphatic rings. The molecule has 1 N–H and O–H groups in total. The molecule has 2 aromatic rings. The molecule has 0 radical (unpaired) electrons. The largest absolute Gasteiger partial charge is 0.346 e. The monoisotopic (exact) mass is 274 g/mol. The lowest BCUT2D eigenvalue weighted by Gasteiger charge is -2.21. The molecular formula is C15H22N4O. The highest BCUT2D eigenvalue weighted by atomic mass is 16.1. The highest BCUT2D eigenvalue weighted by molar-refractivity contribution is 5.76. The van der Waals surface area contributed by atoms with Crippen LogP contribution in [0.1, 0.15) is 46.0 Å². The summed E-state index contributed by atoms with van der Waals surface area (Å²) < 4.78 is 1.93. The number of amides is 1. The minimum Gasteiger partial charge on any atom is -0.346 e. The molecule has 5 heteroatoms. The average Bonchev–Trinajstić information content (AvgIpc) is 2.78. The molecule has 20 heavy (non-hydrogen) atoms. The first-order valence-electron chi connectivity index (χ1n) is 7.08. The van der Waals surface area contributed by atoms with Gasteiger partial charge in [0.2, 0.25) is 5.91 Å². The van der Waals surface area contributed by atoms with Crippen LogP contribution in [0.2, 0.25) is 0 Å². The van der Waals surface area contributed by atoms with Crippen molar-refractivity contribution in [3.63, 3.8) is 0 Å². The second-order valence-electron chi connectivity index (χ2n) is 5.87. The predicted molar refractivity (Wildman–Crippen MR) is 78.2 cm³/mol. The van der Waals surface area contributed by atoms with Gasteiger partial charge in [-0.05, 0) is 24.0 Å². The van der Waals surface area contributed by atoms with Gasteiger partial charge in [-0.25, -0.2) is 0 Å². The lowest BCUT2D eigenvalue weighted by atomic mass is 10.0. The number of nitrogens with zero attached hydrogens (tertiary/aromatic N) is 3. The molecule has 0 unspecified atom stereocenters. The number of rotatable bonds is 5. The molecule has 108 valence electrons. The zero-order valence-corrected chi connectivity index (χ0v) is 12.5.